The predicted molar refractivity (Wildman–Crippen MR) is 72.2 cm³/mol. The molecule has 0 aromatic heterocycles. The first-order valence-electron chi connectivity index (χ1n) is 7.74. The minimum Gasteiger partial charge on any atom is -0.480 e. The number of hydrogen-bond donors (Lipinski definition) is 1. The fraction of sp³-hybridized carbons (Fsp3) is 0.867. The highest BCUT2D eigenvalue weighted by Gasteiger charge is 2.49. The number of carboxylic acid groups (broad SMARTS) is 1. The van der Waals surface area contributed by atoms with Gasteiger partial charge in [0.05, 0.1) is 18.6 Å². The van der Waals surface area contributed by atoms with Crippen LogP contribution >= 0.6 is 0 Å². The quantitative estimate of drug-likeness (QED) is 0.836. The molecule has 0 aromatic carbocycles. The number of ether oxygens (including phenoxy) is 1. The van der Waals surface area contributed by atoms with Crippen LogP contribution < -0.4 is 0 Å². The Morgan fingerprint density at radius 3 is 2.60 bits per heavy atom. The first-order chi connectivity index (χ1) is 9.58. The number of aliphatic carboxylic acids is 1. The topological polar surface area (TPSA) is 66.8 Å². The number of hydrogen-bond acceptors (Lipinski definition) is 3. The fourth-order valence-electron chi connectivity index (χ4n) is 4.20. The Morgan fingerprint density at radius 1 is 1.20 bits per heavy atom. The van der Waals surface area contributed by atoms with Crippen LogP contribution in [0.25, 0.3) is 0 Å². The average Bonchev–Trinajstić information content (AvgIpc) is 3.01. The summed E-state index contributed by atoms with van der Waals surface area (Å²) in [6.45, 7) is 2.41. The van der Waals surface area contributed by atoms with Crippen molar-refractivity contribution >= 4 is 11.9 Å². The molecule has 5 heteroatoms. The van der Waals surface area contributed by atoms with E-state index in [2.05, 4.69) is 0 Å². The summed E-state index contributed by atoms with van der Waals surface area (Å²) in [5, 5.41) is 9.45. The van der Waals surface area contributed by atoms with Crippen LogP contribution in [0.3, 0.4) is 0 Å². The summed E-state index contributed by atoms with van der Waals surface area (Å²) in [6, 6.07) is -0.472. The number of carbonyl (C=O) groups excluding carboxylic acids is 1. The van der Waals surface area contributed by atoms with Crippen LogP contribution in [-0.2, 0) is 14.3 Å². The molecule has 1 saturated carbocycles. The molecule has 2 saturated heterocycles. The molecule has 3 fully saturated rings. The van der Waals surface area contributed by atoms with Crippen molar-refractivity contribution in [2.75, 3.05) is 6.61 Å². The third-order valence-corrected chi connectivity index (χ3v) is 5.18. The van der Waals surface area contributed by atoms with Gasteiger partial charge in [-0.2, -0.15) is 0 Å². The number of likely N-dealkylation sites (tertiary alicyclic amines) is 1. The van der Waals surface area contributed by atoms with Crippen molar-refractivity contribution in [1.29, 1.82) is 0 Å². The summed E-state index contributed by atoms with van der Waals surface area (Å²) >= 11 is 0. The molecule has 112 valence electrons. The molecule has 0 radical (unpaired) electrons. The van der Waals surface area contributed by atoms with E-state index in [-0.39, 0.29) is 24.0 Å². The Balaban J connectivity index is 1.80. The van der Waals surface area contributed by atoms with Gasteiger partial charge in [0.1, 0.15) is 6.04 Å². The predicted octanol–water partition coefficient (Wildman–Crippen LogP) is 1.66. The fourth-order valence-corrected chi connectivity index (χ4v) is 4.20. The van der Waals surface area contributed by atoms with Gasteiger partial charge in [-0.25, -0.2) is 4.79 Å². The van der Waals surface area contributed by atoms with Crippen LogP contribution in [0.5, 0.6) is 0 Å². The van der Waals surface area contributed by atoms with Gasteiger partial charge in [0, 0.05) is 6.04 Å². The molecule has 1 amide bonds. The molecular formula is C15H23NO4. The number of amides is 1. The van der Waals surface area contributed by atoms with Crippen LogP contribution in [0.2, 0.25) is 0 Å². The van der Waals surface area contributed by atoms with E-state index in [9.17, 15) is 14.7 Å². The molecular weight excluding hydrogens is 258 g/mol. The Labute approximate surface area is 119 Å². The van der Waals surface area contributed by atoms with E-state index in [0.29, 0.717) is 18.9 Å². The zero-order valence-electron chi connectivity index (χ0n) is 12.0. The molecule has 5 unspecified atom stereocenters. The van der Waals surface area contributed by atoms with E-state index >= 15 is 0 Å². The van der Waals surface area contributed by atoms with Crippen LogP contribution in [0, 0.1) is 11.8 Å². The van der Waals surface area contributed by atoms with Gasteiger partial charge in [0.25, 0.3) is 0 Å². The normalized spacial score (nSPS) is 40.6. The molecule has 2 aliphatic heterocycles. The van der Waals surface area contributed by atoms with Crippen molar-refractivity contribution in [3.8, 4) is 0 Å². The summed E-state index contributed by atoms with van der Waals surface area (Å²) in [5.74, 6) is -0.600. The maximum absolute atomic E-state index is 12.7. The molecule has 1 N–H and O–H groups in total. The maximum atomic E-state index is 12.7. The summed E-state index contributed by atoms with van der Waals surface area (Å²) in [7, 11) is 0. The standard InChI is InChI=1S/C15H23NO4/c1-9-6-11(8-20-9)14(17)16-12-5-3-2-4-10(12)7-13(16)15(18)19/h9-13H,2-8H2,1H3,(H,18,19). The van der Waals surface area contributed by atoms with Crippen LogP contribution in [0.15, 0.2) is 0 Å². The second kappa shape index (κ2) is 5.35. The summed E-state index contributed by atoms with van der Waals surface area (Å²) in [6.07, 6.45) is 5.76. The van der Waals surface area contributed by atoms with Gasteiger partial charge in [-0.3, -0.25) is 4.79 Å². The summed E-state index contributed by atoms with van der Waals surface area (Å²) in [4.78, 5) is 26.0. The lowest BCUT2D eigenvalue weighted by atomic mass is 9.84. The largest absolute Gasteiger partial charge is 0.480 e. The Bertz CT molecular complexity index is 411. The Hall–Kier alpha value is -1.10. The molecule has 5 nitrogen and oxygen atoms in total. The lowest BCUT2D eigenvalue weighted by molar-refractivity contribution is -0.151. The Kier molecular flexibility index (Phi) is 3.71. The molecule has 5 atom stereocenters. The van der Waals surface area contributed by atoms with Gasteiger partial charge in [-0.05, 0) is 38.5 Å². The first-order valence-corrected chi connectivity index (χ1v) is 7.74. The molecule has 1 aliphatic carbocycles. The van der Waals surface area contributed by atoms with Gasteiger partial charge in [0.2, 0.25) is 5.91 Å². The zero-order valence-corrected chi connectivity index (χ0v) is 12.0. The molecule has 0 aromatic rings. The van der Waals surface area contributed by atoms with Crippen molar-refractivity contribution in [3.05, 3.63) is 0 Å². The van der Waals surface area contributed by atoms with E-state index in [1.807, 2.05) is 6.92 Å². The van der Waals surface area contributed by atoms with Gasteiger partial charge in [-0.1, -0.05) is 12.8 Å². The average molecular weight is 281 g/mol. The smallest absolute Gasteiger partial charge is 0.326 e. The third-order valence-electron chi connectivity index (χ3n) is 5.18. The highest BCUT2D eigenvalue weighted by atomic mass is 16.5. The van der Waals surface area contributed by atoms with Crippen molar-refractivity contribution in [2.24, 2.45) is 11.8 Å². The van der Waals surface area contributed by atoms with Gasteiger partial charge in [-0.15, -0.1) is 0 Å². The highest BCUT2D eigenvalue weighted by molar-refractivity contribution is 5.86. The van der Waals surface area contributed by atoms with Crippen molar-refractivity contribution < 1.29 is 19.4 Å². The van der Waals surface area contributed by atoms with Crippen LogP contribution in [-0.4, -0.2) is 46.7 Å². The zero-order chi connectivity index (χ0) is 14.3. The summed E-state index contributed by atoms with van der Waals surface area (Å²) < 4.78 is 5.48. The van der Waals surface area contributed by atoms with E-state index in [1.54, 1.807) is 4.90 Å². The number of nitrogens with zero attached hydrogens (tertiary/aromatic N) is 1. The van der Waals surface area contributed by atoms with E-state index in [1.165, 1.54) is 6.42 Å². The van der Waals surface area contributed by atoms with Crippen molar-refractivity contribution in [1.82, 2.24) is 4.90 Å². The van der Waals surface area contributed by atoms with Crippen LogP contribution in [0.1, 0.15) is 45.4 Å². The lowest BCUT2D eigenvalue weighted by Gasteiger charge is -2.34. The van der Waals surface area contributed by atoms with Crippen LogP contribution in [0.4, 0.5) is 0 Å². The number of carboxylic acids is 1. The minimum atomic E-state index is -0.847. The maximum Gasteiger partial charge on any atom is 0.326 e. The second-order valence-corrected chi connectivity index (χ2v) is 6.52. The Morgan fingerprint density at radius 2 is 1.95 bits per heavy atom. The number of rotatable bonds is 2. The SMILES string of the molecule is CC1CC(C(=O)N2C(C(=O)O)CC3CCCCC32)CO1. The molecule has 20 heavy (non-hydrogen) atoms. The van der Waals surface area contributed by atoms with Crippen molar-refractivity contribution in [2.45, 2.75) is 63.6 Å². The third kappa shape index (κ3) is 2.32. The first kappa shape index (κ1) is 13.9. The number of fused-ring (bicyclic) bond motifs is 1. The highest BCUT2D eigenvalue weighted by Crippen LogP contribution is 2.41. The molecule has 3 rings (SSSR count). The van der Waals surface area contributed by atoms with E-state index in [4.69, 9.17) is 4.74 Å². The molecule has 3 aliphatic rings. The molecule has 0 spiro atoms. The minimum absolute atomic E-state index is 0.0103. The molecule has 0 bridgehead atoms. The van der Waals surface area contributed by atoms with E-state index in [0.717, 1.165) is 25.7 Å². The second-order valence-electron chi connectivity index (χ2n) is 6.52. The van der Waals surface area contributed by atoms with Gasteiger partial charge in [0.15, 0.2) is 0 Å². The van der Waals surface area contributed by atoms with E-state index < -0.39 is 12.0 Å². The molecule has 2 heterocycles. The van der Waals surface area contributed by atoms with Gasteiger partial charge >= 0.3 is 5.97 Å². The van der Waals surface area contributed by atoms with Gasteiger partial charge < -0.3 is 14.7 Å². The lowest BCUT2D eigenvalue weighted by Crippen LogP contribution is -2.48. The monoisotopic (exact) mass is 281 g/mol. The van der Waals surface area contributed by atoms with Crippen molar-refractivity contribution in [3.63, 3.8) is 0 Å². The summed E-state index contributed by atoms with van der Waals surface area (Å²) in [5.41, 5.74) is 0. The number of carbonyl (C=O) groups is 2.